The first-order valence-electron chi connectivity index (χ1n) is 6.26. The predicted octanol–water partition coefficient (Wildman–Crippen LogP) is -1.06. The summed E-state index contributed by atoms with van der Waals surface area (Å²) < 4.78 is 1.26. The van der Waals surface area contributed by atoms with Crippen LogP contribution in [0.1, 0.15) is 0 Å². The van der Waals surface area contributed by atoms with Crippen molar-refractivity contribution < 1.29 is 4.48 Å². The number of likely N-dealkylation sites (N-methyl/N-ethyl adjacent to an activating group) is 1. The van der Waals surface area contributed by atoms with Crippen LogP contribution >= 0.6 is 0 Å². The van der Waals surface area contributed by atoms with Crippen LogP contribution in [0.3, 0.4) is 0 Å². The number of nitrogens with one attached hydrogen (secondary N) is 2. The van der Waals surface area contributed by atoms with Crippen molar-refractivity contribution in [3.05, 3.63) is 0 Å². The summed E-state index contributed by atoms with van der Waals surface area (Å²) in [6.07, 6.45) is 0. The molecule has 88 valence electrons. The summed E-state index contributed by atoms with van der Waals surface area (Å²) in [6, 6.07) is 0. The number of nitrogens with zero attached hydrogens (tertiary/aromatic N) is 2. The maximum atomic E-state index is 3.44. The third kappa shape index (κ3) is 3.41. The molecule has 0 aromatic rings. The van der Waals surface area contributed by atoms with Gasteiger partial charge >= 0.3 is 0 Å². The van der Waals surface area contributed by atoms with Crippen LogP contribution in [0.25, 0.3) is 0 Å². The molecular weight excluding hydrogens is 188 g/mol. The van der Waals surface area contributed by atoms with Gasteiger partial charge < -0.3 is 15.1 Å². The zero-order valence-electron chi connectivity index (χ0n) is 9.97. The lowest BCUT2D eigenvalue weighted by atomic mass is 10.2. The fraction of sp³-hybridized carbons (Fsp3) is 1.00. The first-order valence-corrected chi connectivity index (χ1v) is 6.26. The van der Waals surface area contributed by atoms with Crippen molar-refractivity contribution in [3.8, 4) is 0 Å². The van der Waals surface area contributed by atoms with Crippen molar-refractivity contribution in [2.24, 2.45) is 0 Å². The summed E-state index contributed by atoms with van der Waals surface area (Å²) in [4.78, 5) is 2.60. The summed E-state index contributed by atoms with van der Waals surface area (Å²) in [5.41, 5.74) is 0. The van der Waals surface area contributed by atoms with Gasteiger partial charge in [0, 0.05) is 45.8 Å². The minimum absolute atomic E-state index is 1.17. The molecule has 0 bridgehead atoms. The molecule has 0 saturated carbocycles. The van der Waals surface area contributed by atoms with Gasteiger partial charge in [-0.05, 0) is 0 Å². The quantitative estimate of drug-likeness (QED) is 0.585. The standard InChI is InChI=1S/C11H25N4/c1-15(9-4-13-5-10-15)11-8-14-6-2-12-3-7-14/h12-13H,2-11H2,1H3/q+1. The lowest BCUT2D eigenvalue weighted by Crippen LogP contribution is -2.59. The molecule has 2 fully saturated rings. The van der Waals surface area contributed by atoms with Crippen LogP contribution < -0.4 is 10.6 Å². The molecule has 15 heavy (non-hydrogen) atoms. The van der Waals surface area contributed by atoms with Crippen LogP contribution in [0.2, 0.25) is 0 Å². The van der Waals surface area contributed by atoms with E-state index in [0.29, 0.717) is 0 Å². The zero-order valence-corrected chi connectivity index (χ0v) is 9.97. The minimum Gasteiger partial charge on any atom is -0.323 e. The molecule has 2 N–H and O–H groups in total. The molecule has 2 heterocycles. The first-order chi connectivity index (χ1) is 7.29. The van der Waals surface area contributed by atoms with Gasteiger partial charge in [-0.2, -0.15) is 0 Å². The van der Waals surface area contributed by atoms with Gasteiger partial charge in [0.05, 0.1) is 26.7 Å². The number of rotatable bonds is 3. The molecule has 0 aromatic heterocycles. The highest BCUT2D eigenvalue weighted by Gasteiger charge is 2.25. The lowest BCUT2D eigenvalue weighted by molar-refractivity contribution is -0.910. The second-order valence-corrected chi connectivity index (χ2v) is 5.13. The number of quaternary nitrogens is 1. The van der Waals surface area contributed by atoms with Gasteiger partial charge in [-0.25, -0.2) is 0 Å². The fourth-order valence-corrected chi connectivity index (χ4v) is 2.48. The molecule has 0 amide bonds. The van der Waals surface area contributed by atoms with Crippen LogP contribution in [-0.2, 0) is 0 Å². The van der Waals surface area contributed by atoms with Crippen molar-refractivity contribution in [1.82, 2.24) is 15.5 Å². The largest absolute Gasteiger partial charge is 0.323 e. The van der Waals surface area contributed by atoms with E-state index in [-0.39, 0.29) is 0 Å². The second-order valence-electron chi connectivity index (χ2n) is 5.13. The van der Waals surface area contributed by atoms with Crippen molar-refractivity contribution >= 4 is 0 Å². The Labute approximate surface area is 93.2 Å². The highest BCUT2D eigenvalue weighted by atomic mass is 15.4. The van der Waals surface area contributed by atoms with Crippen LogP contribution in [0.5, 0.6) is 0 Å². The predicted molar refractivity (Wildman–Crippen MR) is 63.0 cm³/mol. The number of hydrogen-bond donors (Lipinski definition) is 2. The Kier molecular flexibility index (Phi) is 3.97. The first kappa shape index (κ1) is 11.3. The molecule has 4 nitrogen and oxygen atoms in total. The molecule has 2 saturated heterocycles. The van der Waals surface area contributed by atoms with E-state index in [4.69, 9.17) is 0 Å². The molecule has 0 radical (unpaired) electrons. The van der Waals surface area contributed by atoms with Gasteiger partial charge in [-0.15, -0.1) is 0 Å². The van der Waals surface area contributed by atoms with Gasteiger partial charge in [-0.3, -0.25) is 4.90 Å². The highest BCUT2D eigenvalue weighted by molar-refractivity contribution is 4.67. The highest BCUT2D eigenvalue weighted by Crippen LogP contribution is 2.05. The zero-order chi connectivity index (χ0) is 10.6. The monoisotopic (exact) mass is 213 g/mol. The molecule has 0 unspecified atom stereocenters. The minimum atomic E-state index is 1.17. The van der Waals surface area contributed by atoms with E-state index in [9.17, 15) is 0 Å². The Morgan fingerprint density at radius 1 is 1.00 bits per heavy atom. The van der Waals surface area contributed by atoms with Crippen molar-refractivity contribution in [2.45, 2.75) is 0 Å². The van der Waals surface area contributed by atoms with Crippen LogP contribution in [0.15, 0.2) is 0 Å². The van der Waals surface area contributed by atoms with E-state index in [1.54, 1.807) is 0 Å². The number of piperazine rings is 2. The van der Waals surface area contributed by atoms with E-state index in [0.717, 1.165) is 0 Å². The number of hydrogen-bond acceptors (Lipinski definition) is 3. The Morgan fingerprint density at radius 2 is 1.60 bits per heavy atom. The van der Waals surface area contributed by atoms with Gasteiger partial charge in [0.2, 0.25) is 0 Å². The fourth-order valence-electron chi connectivity index (χ4n) is 2.48. The maximum absolute atomic E-state index is 3.44. The summed E-state index contributed by atoms with van der Waals surface area (Å²) in [5, 5.41) is 6.84. The SMILES string of the molecule is C[N+]1(CCN2CCNCC2)CCNCC1. The van der Waals surface area contributed by atoms with Gasteiger partial charge in [0.25, 0.3) is 0 Å². The van der Waals surface area contributed by atoms with Gasteiger partial charge in [0.15, 0.2) is 0 Å². The molecule has 0 spiro atoms. The van der Waals surface area contributed by atoms with Gasteiger partial charge in [0.1, 0.15) is 0 Å². The average Bonchev–Trinajstić information content (AvgIpc) is 2.29. The lowest BCUT2D eigenvalue weighted by Gasteiger charge is -2.40. The molecule has 4 heteroatoms. The molecule has 0 atom stereocenters. The topological polar surface area (TPSA) is 27.3 Å². The molecular formula is C11H25N4+. The van der Waals surface area contributed by atoms with Crippen LogP contribution in [0, 0.1) is 0 Å². The summed E-state index contributed by atoms with van der Waals surface area (Å²) >= 11 is 0. The van der Waals surface area contributed by atoms with E-state index in [1.807, 2.05) is 0 Å². The van der Waals surface area contributed by atoms with E-state index >= 15 is 0 Å². The van der Waals surface area contributed by atoms with E-state index < -0.39 is 0 Å². The molecule has 0 aliphatic carbocycles. The Balaban J connectivity index is 1.70. The second kappa shape index (κ2) is 5.25. The maximum Gasteiger partial charge on any atom is 0.0914 e. The summed E-state index contributed by atoms with van der Waals surface area (Å²) in [6.45, 7) is 12.4. The van der Waals surface area contributed by atoms with Crippen molar-refractivity contribution in [3.63, 3.8) is 0 Å². The molecule has 2 aliphatic heterocycles. The average molecular weight is 213 g/mol. The van der Waals surface area contributed by atoms with Gasteiger partial charge in [-0.1, -0.05) is 0 Å². The Hall–Kier alpha value is -0.160. The third-order valence-corrected chi connectivity index (χ3v) is 3.82. The van der Waals surface area contributed by atoms with Crippen molar-refractivity contribution in [2.75, 3.05) is 72.5 Å². The smallest absolute Gasteiger partial charge is 0.0914 e. The summed E-state index contributed by atoms with van der Waals surface area (Å²) in [7, 11) is 2.41. The molecule has 2 rings (SSSR count). The third-order valence-electron chi connectivity index (χ3n) is 3.82. The van der Waals surface area contributed by atoms with E-state index in [1.165, 1.54) is 69.9 Å². The summed E-state index contributed by atoms with van der Waals surface area (Å²) in [5.74, 6) is 0. The molecule has 0 aromatic carbocycles. The van der Waals surface area contributed by atoms with Crippen LogP contribution in [-0.4, -0.2) is 81.9 Å². The van der Waals surface area contributed by atoms with Crippen LogP contribution in [0.4, 0.5) is 0 Å². The normalized spacial score (nSPS) is 27.8. The Bertz CT molecular complexity index is 183. The Morgan fingerprint density at radius 3 is 2.27 bits per heavy atom. The van der Waals surface area contributed by atoms with E-state index in [2.05, 4.69) is 22.6 Å². The molecule has 2 aliphatic rings. The van der Waals surface area contributed by atoms with Crippen molar-refractivity contribution in [1.29, 1.82) is 0 Å².